The molecule has 0 saturated carbocycles. The van der Waals surface area contributed by atoms with Crippen molar-refractivity contribution in [1.29, 1.82) is 5.26 Å². The topological polar surface area (TPSA) is 82.2 Å². The average Bonchev–Trinajstić information content (AvgIpc) is 3.07. The van der Waals surface area contributed by atoms with Crippen molar-refractivity contribution in [2.24, 2.45) is 0 Å². The number of pyridine rings is 1. The summed E-state index contributed by atoms with van der Waals surface area (Å²) in [6.07, 6.45) is 1.46. The van der Waals surface area contributed by atoms with Crippen LogP contribution in [0.4, 0.5) is 10.1 Å². The summed E-state index contributed by atoms with van der Waals surface area (Å²) in [7, 11) is 0. The van der Waals surface area contributed by atoms with Crippen LogP contribution in [0.1, 0.15) is 11.1 Å². The van der Waals surface area contributed by atoms with E-state index in [0.717, 1.165) is 0 Å². The molecule has 0 bridgehead atoms. The van der Waals surface area contributed by atoms with Crippen LogP contribution in [-0.2, 0) is 0 Å². The molecule has 0 spiro atoms. The van der Waals surface area contributed by atoms with E-state index in [1.54, 1.807) is 19.1 Å². The number of nitrogens with one attached hydrogen (secondary N) is 2. The molecule has 4 rings (SSSR count). The molecule has 0 saturated heterocycles. The Morgan fingerprint density at radius 1 is 1.29 bits per heavy atom. The molecule has 6 nitrogen and oxygen atoms in total. The van der Waals surface area contributed by atoms with Crippen molar-refractivity contribution in [1.82, 2.24) is 14.8 Å². The molecule has 0 aliphatic carbocycles. The summed E-state index contributed by atoms with van der Waals surface area (Å²) < 4.78 is 14.7. The second-order valence-corrected chi connectivity index (χ2v) is 6.54. The lowest BCUT2D eigenvalue weighted by Gasteiger charge is -2.07. The zero-order valence-electron chi connectivity index (χ0n) is 14.6. The molecular formula is C20H13ClFN5O. The number of rotatable bonds is 3. The van der Waals surface area contributed by atoms with Gasteiger partial charge in [0, 0.05) is 6.20 Å². The third-order valence-electron chi connectivity index (χ3n) is 4.46. The molecule has 0 atom stereocenters. The number of benzene rings is 2. The van der Waals surface area contributed by atoms with Crippen LogP contribution in [0.15, 0.2) is 47.3 Å². The largest absolute Gasteiger partial charge is 0.307 e. The number of hydrogen-bond acceptors (Lipinski definition) is 5. The van der Waals surface area contributed by atoms with Gasteiger partial charge in [-0.1, -0.05) is 23.7 Å². The quantitative estimate of drug-likeness (QED) is 0.523. The van der Waals surface area contributed by atoms with Gasteiger partial charge in [-0.25, -0.2) is 9.37 Å². The lowest BCUT2D eigenvalue weighted by molar-refractivity contribution is 0.628. The van der Waals surface area contributed by atoms with Crippen molar-refractivity contribution >= 4 is 40.2 Å². The van der Waals surface area contributed by atoms with Gasteiger partial charge in [-0.15, -0.1) is 0 Å². The fourth-order valence-corrected chi connectivity index (χ4v) is 3.23. The Kier molecular flexibility index (Phi) is 4.34. The minimum atomic E-state index is -0.523. The molecule has 0 radical (unpaired) electrons. The molecule has 2 heterocycles. The Hall–Kier alpha value is -3.63. The van der Waals surface area contributed by atoms with Gasteiger partial charge < -0.3 is 10.9 Å². The van der Waals surface area contributed by atoms with Crippen LogP contribution in [0, 0.1) is 24.1 Å². The predicted molar refractivity (Wildman–Crippen MR) is 106 cm³/mol. The highest BCUT2D eigenvalue weighted by Crippen LogP contribution is 2.19. The Morgan fingerprint density at radius 3 is 2.82 bits per heavy atom. The second-order valence-electron chi connectivity index (χ2n) is 6.13. The number of nitriles is 1. The number of hydrazine groups is 1. The summed E-state index contributed by atoms with van der Waals surface area (Å²) in [6.45, 7) is 1.70. The van der Waals surface area contributed by atoms with Crippen molar-refractivity contribution in [3.05, 3.63) is 80.0 Å². The number of imidazole rings is 1. The van der Waals surface area contributed by atoms with Gasteiger partial charge in [0.25, 0.3) is 5.56 Å². The van der Waals surface area contributed by atoms with E-state index in [9.17, 15) is 14.4 Å². The Bertz CT molecular complexity index is 1390. The van der Waals surface area contributed by atoms with Crippen LogP contribution >= 0.6 is 11.6 Å². The van der Waals surface area contributed by atoms with Crippen molar-refractivity contribution in [2.75, 3.05) is 5.43 Å². The highest BCUT2D eigenvalue weighted by molar-refractivity contribution is 6.31. The van der Waals surface area contributed by atoms with Crippen molar-refractivity contribution in [3.63, 3.8) is 0 Å². The maximum absolute atomic E-state index is 13.3. The van der Waals surface area contributed by atoms with Crippen LogP contribution in [0.3, 0.4) is 0 Å². The summed E-state index contributed by atoms with van der Waals surface area (Å²) in [5.41, 5.74) is 8.30. The molecule has 4 aromatic rings. The molecule has 138 valence electrons. The number of aromatic nitrogens is 2. The molecule has 28 heavy (non-hydrogen) atoms. The van der Waals surface area contributed by atoms with Crippen LogP contribution in [0.25, 0.3) is 22.9 Å². The minimum absolute atomic E-state index is 0.0226. The highest BCUT2D eigenvalue weighted by Gasteiger charge is 2.15. The van der Waals surface area contributed by atoms with Gasteiger partial charge >= 0.3 is 0 Å². The van der Waals surface area contributed by atoms with Gasteiger partial charge in [0.15, 0.2) is 5.65 Å². The van der Waals surface area contributed by atoms with E-state index in [1.165, 1.54) is 28.8 Å². The predicted octanol–water partition coefficient (Wildman–Crippen LogP) is 2.89. The Labute approximate surface area is 163 Å². The Morgan fingerprint density at radius 2 is 2.07 bits per heavy atom. The van der Waals surface area contributed by atoms with Crippen LogP contribution in [0.2, 0.25) is 5.02 Å². The average molecular weight is 394 g/mol. The molecule has 0 aliphatic rings. The van der Waals surface area contributed by atoms with Gasteiger partial charge in [-0.2, -0.15) is 5.26 Å². The number of anilines is 1. The van der Waals surface area contributed by atoms with E-state index in [-0.39, 0.29) is 10.6 Å². The number of fused-ring (bicyclic) bond motifs is 3. The summed E-state index contributed by atoms with van der Waals surface area (Å²) >= 11 is 5.76. The molecule has 0 aliphatic heterocycles. The molecule has 0 amide bonds. The van der Waals surface area contributed by atoms with Crippen LogP contribution < -0.4 is 21.6 Å². The van der Waals surface area contributed by atoms with Crippen molar-refractivity contribution in [2.45, 2.75) is 6.92 Å². The number of para-hydroxylation sites is 2. The first-order valence-corrected chi connectivity index (χ1v) is 8.69. The maximum Gasteiger partial charge on any atom is 0.265 e. The molecule has 8 heteroatoms. The standard InChI is InChI=1S/C20H13ClFN5O/c1-11-13(9-23)19-25-17-4-2-3-5-18(17)27(19)20(28)14(11)10-24-26-12-6-7-16(22)15(21)8-12/h2-8,10,24,26H,1H3/b14-10-. The molecule has 2 N–H and O–H groups in total. The summed E-state index contributed by atoms with van der Waals surface area (Å²) in [4.78, 5) is 17.5. The molecule has 2 aromatic carbocycles. The van der Waals surface area contributed by atoms with Crippen molar-refractivity contribution in [3.8, 4) is 6.07 Å². The van der Waals surface area contributed by atoms with Gasteiger partial charge in [0.05, 0.1) is 32.5 Å². The normalized spacial score (nSPS) is 11.7. The number of nitrogens with zero attached hydrogens (tertiary/aromatic N) is 3. The van der Waals surface area contributed by atoms with Gasteiger partial charge in [0.2, 0.25) is 0 Å². The SMILES string of the molecule is Cc1c(C#N)c2nc3ccccc3n2c(=O)/c1=C\NNc1ccc(F)c(Cl)c1. The lowest BCUT2D eigenvalue weighted by Crippen LogP contribution is -2.36. The van der Waals surface area contributed by atoms with Gasteiger partial charge in [-0.3, -0.25) is 9.20 Å². The van der Waals surface area contributed by atoms with Gasteiger partial charge in [0.1, 0.15) is 11.9 Å². The fourth-order valence-electron chi connectivity index (χ4n) is 3.05. The molecular weight excluding hydrogens is 381 g/mol. The molecule has 0 fully saturated rings. The highest BCUT2D eigenvalue weighted by atomic mass is 35.5. The van der Waals surface area contributed by atoms with E-state index in [4.69, 9.17) is 11.6 Å². The molecule has 2 aromatic heterocycles. The lowest BCUT2D eigenvalue weighted by atomic mass is 10.1. The number of hydrogen-bond donors (Lipinski definition) is 2. The van der Waals surface area contributed by atoms with E-state index < -0.39 is 5.82 Å². The van der Waals surface area contributed by atoms with Crippen LogP contribution in [0.5, 0.6) is 0 Å². The first-order chi connectivity index (χ1) is 13.5. The minimum Gasteiger partial charge on any atom is -0.307 e. The second kappa shape index (κ2) is 6.83. The van der Waals surface area contributed by atoms with Gasteiger partial charge in [-0.05, 0) is 42.8 Å². The summed E-state index contributed by atoms with van der Waals surface area (Å²) in [6, 6.07) is 13.5. The fraction of sp³-hybridized carbons (Fsp3) is 0.0500. The zero-order valence-corrected chi connectivity index (χ0v) is 15.4. The number of halogens is 2. The summed E-state index contributed by atoms with van der Waals surface area (Å²) in [5, 5.41) is 9.90. The molecule has 0 unspecified atom stereocenters. The van der Waals surface area contributed by atoms with E-state index >= 15 is 0 Å². The Balaban J connectivity index is 1.85. The van der Waals surface area contributed by atoms with E-state index in [1.807, 2.05) is 12.1 Å². The van der Waals surface area contributed by atoms with E-state index in [0.29, 0.717) is 38.7 Å². The first kappa shape index (κ1) is 17.8. The van der Waals surface area contributed by atoms with Crippen molar-refractivity contribution < 1.29 is 4.39 Å². The zero-order chi connectivity index (χ0) is 19.8. The van der Waals surface area contributed by atoms with Crippen LogP contribution in [-0.4, -0.2) is 9.38 Å². The third kappa shape index (κ3) is 2.80. The monoisotopic (exact) mass is 393 g/mol. The van der Waals surface area contributed by atoms with E-state index in [2.05, 4.69) is 21.9 Å². The third-order valence-corrected chi connectivity index (χ3v) is 4.75. The maximum atomic E-state index is 13.3. The smallest absolute Gasteiger partial charge is 0.265 e. The summed E-state index contributed by atoms with van der Waals surface area (Å²) in [5.74, 6) is -0.523. The first-order valence-electron chi connectivity index (χ1n) is 8.32.